The van der Waals surface area contributed by atoms with Crippen molar-refractivity contribution < 1.29 is 37.5 Å². The number of furan rings is 1. The number of aromatic amines is 1. The molecule has 12 nitrogen and oxygen atoms in total. The largest absolute Gasteiger partial charge is 0.473 e. The SMILES string of the molecule is C1CCOC1.C1CCOCC1.O=C1CCCCO1.O=C1CCCO1.c1cc[nH]c1.c1ccncc1.c1ccncc1.c1ccoc1.c1ccsc1.c1cnoc1. The molecule has 10 heterocycles. The Labute approximate surface area is 335 Å². The average molecular weight is 791 g/mol. The minimum Gasteiger partial charge on any atom is -0.473 e. The summed E-state index contributed by atoms with van der Waals surface area (Å²) in [5, 5.41) is 7.43. The Bertz CT molecular complexity index is 1190. The molecular weight excluding hydrogens is 733 g/mol. The highest BCUT2D eigenvalue weighted by Gasteiger charge is 2.08. The fraction of sp³-hybridized carbons (Fsp3) is 0.372. The van der Waals surface area contributed by atoms with E-state index in [-0.39, 0.29) is 11.9 Å². The predicted octanol–water partition coefficient (Wildman–Crippen LogP) is 9.90. The summed E-state index contributed by atoms with van der Waals surface area (Å²) in [7, 11) is 0. The molecule has 4 fully saturated rings. The van der Waals surface area contributed by atoms with Crippen molar-refractivity contribution >= 4 is 23.3 Å². The van der Waals surface area contributed by atoms with Crippen molar-refractivity contribution in [3.8, 4) is 0 Å². The van der Waals surface area contributed by atoms with E-state index in [1.165, 1.54) is 38.4 Å². The topological polar surface area (TPSA) is 152 Å². The zero-order valence-corrected chi connectivity index (χ0v) is 33.1. The fourth-order valence-electron chi connectivity index (χ4n) is 3.83. The van der Waals surface area contributed by atoms with Crippen molar-refractivity contribution in [1.82, 2.24) is 20.1 Å². The Morgan fingerprint density at radius 3 is 1.14 bits per heavy atom. The van der Waals surface area contributed by atoms with Crippen LogP contribution in [0.1, 0.15) is 64.2 Å². The molecule has 10 rings (SSSR count). The number of aromatic nitrogens is 4. The summed E-state index contributed by atoms with van der Waals surface area (Å²) in [5.41, 5.74) is 0. The Morgan fingerprint density at radius 2 is 0.964 bits per heavy atom. The minimum absolute atomic E-state index is 0.0359. The van der Waals surface area contributed by atoms with Crippen molar-refractivity contribution in [1.29, 1.82) is 0 Å². The van der Waals surface area contributed by atoms with Crippen LogP contribution in [-0.4, -0.2) is 71.7 Å². The molecule has 4 aliphatic heterocycles. The highest BCUT2D eigenvalue weighted by atomic mass is 32.1. The smallest absolute Gasteiger partial charge is 0.305 e. The number of ether oxygens (including phenoxy) is 4. The Hall–Kier alpha value is -5.37. The van der Waals surface area contributed by atoms with Gasteiger partial charge >= 0.3 is 11.9 Å². The summed E-state index contributed by atoms with van der Waals surface area (Å²) in [6.07, 6.45) is 27.8. The first kappa shape index (κ1) is 48.6. The summed E-state index contributed by atoms with van der Waals surface area (Å²) in [6, 6.07) is 24.7. The van der Waals surface area contributed by atoms with E-state index in [0.717, 1.165) is 45.7 Å². The van der Waals surface area contributed by atoms with Gasteiger partial charge in [-0.05, 0) is 117 Å². The summed E-state index contributed by atoms with van der Waals surface area (Å²) in [5.74, 6) is -0.0822. The summed E-state index contributed by atoms with van der Waals surface area (Å²) in [6.45, 7) is 5.28. The van der Waals surface area contributed by atoms with Gasteiger partial charge in [-0.25, -0.2) is 0 Å². The van der Waals surface area contributed by atoms with Gasteiger partial charge in [0.15, 0.2) is 0 Å². The van der Waals surface area contributed by atoms with Gasteiger partial charge in [-0.15, -0.1) is 0 Å². The number of cyclic esters (lactones) is 2. The Morgan fingerprint density at radius 1 is 0.464 bits per heavy atom. The van der Waals surface area contributed by atoms with Crippen LogP contribution in [0.3, 0.4) is 0 Å². The van der Waals surface area contributed by atoms with Crippen LogP contribution < -0.4 is 0 Å². The number of thiophene rings is 1. The molecule has 6 aromatic rings. The summed E-state index contributed by atoms with van der Waals surface area (Å²) >= 11 is 1.71. The standard InChI is InChI=1S/2C5H5N.C5H8O2.C5H10O.C4H5N.C4H6O2.C4H8O.C4H4O.C4H4S.C3H3NO/c2*1-2-4-6-5-3-1;6-5-3-1-2-4-7-5;1-2-4-6-5-3-1;1-2-4-5-3-1;5-4-2-1-3-6-4;4*1-2-4-5-3-1/h2*1-5H;1-4H2;1-5H2;1-5H;1-3H2;1-4H2;2*1-4H;1-3H. The third-order valence-corrected chi connectivity index (χ3v) is 7.19. The van der Waals surface area contributed by atoms with Gasteiger partial charge in [0.25, 0.3) is 0 Å². The number of rotatable bonds is 0. The van der Waals surface area contributed by atoms with Crippen LogP contribution in [-0.2, 0) is 28.5 Å². The molecule has 0 saturated carbocycles. The second-order valence-corrected chi connectivity index (χ2v) is 12.0. The maximum absolute atomic E-state index is 10.2. The second kappa shape index (κ2) is 42.4. The van der Waals surface area contributed by atoms with Crippen LogP contribution in [0.5, 0.6) is 0 Å². The Balaban J connectivity index is 0.000000312. The normalized spacial score (nSPS) is 14.2. The van der Waals surface area contributed by atoms with E-state index in [1.807, 2.05) is 96.0 Å². The molecule has 6 aromatic heterocycles. The van der Waals surface area contributed by atoms with Crippen LogP contribution in [0.25, 0.3) is 0 Å². The van der Waals surface area contributed by atoms with Gasteiger partial charge < -0.3 is 32.9 Å². The minimum atomic E-state index is -0.0463. The lowest BCUT2D eigenvalue weighted by Crippen LogP contribution is -2.10. The van der Waals surface area contributed by atoms with Crippen LogP contribution in [0.4, 0.5) is 0 Å². The van der Waals surface area contributed by atoms with Crippen LogP contribution in [0.15, 0.2) is 161 Å². The molecule has 1 N–H and O–H groups in total. The highest BCUT2D eigenvalue weighted by Crippen LogP contribution is 2.04. The van der Waals surface area contributed by atoms with E-state index in [1.54, 1.807) is 60.9 Å². The molecular formula is C43H58N4O8S. The van der Waals surface area contributed by atoms with Crippen molar-refractivity contribution in [2.45, 2.75) is 64.2 Å². The third kappa shape index (κ3) is 39.8. The number of carbonyl (C=O) groups is 2. The van der Waals surface area contributed by atoms with E-state index in [4.69, 9.17) is 9.47 Å². The van der Waals surface area contributed by atoms with Gasteiger partial charge in [0.1, 0.15) is 6.26 Å². The van der Waals surface area contributed by atoms with Gasteiger partial charge in [0.05, 0.1) is 31.9 Å². The highest BCUT2D eigenvalue weighted by molar-refractivity contribution is 7.07. The lowest BCUT2D eigenvalue weighted by atomic mass is 10.2. The van der Waals surface area contributed by atoms with Crippen molar-refractivity contribution in [2.75, 3.05) is 39.6 Å². The van der Waals surface area contributed by atoms with E-state index >= 15 is 0 Å². The molecule has 0 aromatic carbocycles. The number of H-pyrrole nitrogens is 1. The monoisotopic (exact) mass is 790 g/mol. The van der Waals surface area contributed by atoms with Crippen molar-refractivity contribution in [2.24, 2.45) is 0 Å². The van der Waals surface area contributed by atoms with Crippen LogP contribution >= 0.6 is 11.3 Å². The van der Waals surface area contributed by atoms with E-state index in [9.17, 15) is 9.59 Å². The number of carbonyl (C=O) groups excluding carboxylic acids is 2. The molecule has 0 atom stereocenters. The summed E-state index contributed by atoms with van der Waals surface area (Å²) in [4.78, 5) is 30.7. The lowest BCUT2D eigenvalue weighted by molar-refractivity contribution is -0.146. The molecule has 0 radical (unpaired) electrons. The maximum Gasteiger partial charge on any atom is 0.305 e. The van der Waals surface area contributed by atoms with Gasteiger partial charge in [-0.3, -0.25) is 19.6 Å². The van der Waals surface area contributed by atoms with Gasteiger partial charge in [-0.2, -0.15) is 11.3 Å². The first-order chi connectivity index (χ1) is 27.8. The molecule has 13 heteroatoms. The molecule has 0 bridgehead atoms. The first-order valence-corrected chi connectivity index (χ1v) is 19.8. The zero-order chi connectivity index (χ0) is 39.9. The van der Waals surface area contributed by atoms with Crippen LogP contribution in [0, 0.1) is 0 Å². The van der Waals surface area contributed by atoms with E-state index in [0.29, 0.717) is 26.1 Å². The number of nitrogens with zero attached hydrogens (tertiary/aromatic N) is 3. The predicted molar refractivity (Wildman–Crippen MR) is 219 cm³/mol. The van der Waals surface area contributed by atoms with Gasteiger partial charge in [0, 0.05) is 76.5 Å². The van der Waals surface area contributed by atoms with Crippen molar-refractivity contribution in [3.63, 3.8) is 0 Å². The summed E-state index contributed by atoms with van der Waals surface area (Å²) < 4.78 is 28.1. The molecule has 304 valence electrons. The molecule has 4 saturated heterocycles. The van der Waals surface area contributed by atoms with Gasteiger partial charge in [-0.1, -0.05) is 29.4 Å². The second-order valence-electron chi connectivity index (χ2n) is 11.2. The Kier molecular flexibility index (Phi) is 36.8. The molecule has 0 spiro atoms. The molecule has 0 unspecified atom stereocenters. The van der Waals surface area contributed by atoms with Crippen molar-refractivity contribution in [3.05, 3.63) is 152 Å². The van der Waals surface area contributed by atoms with Crippen LogP contribution in [0.2, 0.25) is 0 Å². The number of hydrogen-bond acceptors (Lipinski definition) is 12. The van der Waals surface area contributed by atoms with E-state index < -0.39 is 0 Å². The molecule has 4 aliphatic rings. The maximum atomic E-state index is 10.2. The average Bonchev–Trinajstić information content (AvgIpc) is 4.15. The van der Waals surface area contributed by atoms with Gasteiger partial charge in [0.2, 0.25) is 0 Å². The lowest BCUT2D eigenvalue weighted by Gasteiger charge is -2.08. The third-order valence-electron chi connectivity index (χ3n) is 6.56. The molecule has 56 heavy (non-hydrogen) atoms. The fourth-order valence-corrected chi connectivity index (χ4v) is 4.29. The first-order valence-electron chi connectivity index (χ1n) is 18.8. The quantitative estimate of drug-likeness (QED) is 0.146. The zero-order valence-electron chi connectivity index (χ0n) is 32.3. The number of hydrogen-bond donors (Lipinski definition) is 1. The number of nitrogens with one attached hydrogen (secondary N) is 1. The number of pyridine rings is 2. The van der Waals surface area contributed by atoms with E-state index in [2.05, 4.69) is 38.5 Å². The molecule has 0 aliphatic carbocycles. The molecule has 0 amide bonds. The number of esters is 2.